The monoisotopic (exact) mass is 255 g/mol. The van der Waals surface area contributed by atoms with Crippen LogP contribution in [0.5, 0.6) is 0 Å². The van der Waals surface area contributed by atoms with E-state index >= 15 is 0 Å². The third-order valence-electron chi connectivity index (χ3n) is 3.46. The number of hydrogen-bond donors (Lipinski definition) is 3. The van der Waals surface area contributed by atoms with Crippen LogP contribution >= 0.6 is 0 Å². The van der Waals surface area contributed by atoms with Crippen molar-refractivity contribution in [3.63, 3.8) is 0 Å². The Labute approximate surface area is 112 Å². The quantitative estimate of drug-likeness (QED) is 0.780. The molecule has 0 radical (unpaired) electrons. The highest BCUT2D eigenvalue weighted by molar-refractivity contribution is 5.94. The molecule has 1 aromatic heterocycles. The second kappa shape index (κ2) is 5.28. The molecular weight excluding hydrogens is 238 g/mol. The van der Waals surface area contributed by atoms with Gasteiger partial charge in [-0.3, -0.25) is 4.79 Å². The minimum Gasteiger partial charge on any atom is -0.364 e. The zero-order valence-corrected chi connectivity index (χ0v) is 10.7. The Morgan fingerprint density at radius 1 is 1.26 bits per heavy atom. The van der Waals surface area contributed by atoms with Gasteiger partial charge in [-0.15, -0.1) is 0 Å². The van der Waals surface area contributed by atoms with Crippen molar-refractivity contribution < 1.29 is 4.79 Å². The fraction of sp³-hybridized carbons (Fsp3) is 0.267. The standard InChI is InChI=1S/C15H17N3O/c19-15(18-10-14-2-1-6-17-14)12-3-4-13-9-16-7-5-11(13)8-12/h1-4,6,8,16-17H,5,7,9-10H2,(H,18,19). The summed E-state index contributed by atoms with van der Waals surface area (Å²) in [6.07, 6.45) is 2.85. The first-order valence-electron chi connectivity index (χ1n) is 6.56. The van der Waals surface area contributed by atoms with Crippen LogP contribution in [0.15, 0.2) is 36.5 Å². The van der Waals surface area contributed by atoms with E-state index in [2.05, 4.69) is 15.6 Å². The van der Waals surface area contributed by atoms with Gasteiger partial charge >= 0.3 is 0 Å². The largest absolute Gasteiger partial charge is 0.364 e. The van der Waals surface area contributed by atoms with E-state index in [-0.39, 0.29) is 5.91 Å². The number of nitrogens with one attached hydrogen (secondary N) is 3. The number of benzene rings is 1. The van der Waals surface area contributed by atoms with Gasteiger partial charge in [0.15, 0.2) is 0 Å². The van der Waals surface area contributed by atoms with E-state index in [1.54, 1.807) is 0 Å². The third-order valence-corrected chi connectivity index (χ3v) is 3.46. The van der Waals surface area contributed by atoms with Crippen LogP contribution in [-0.4, -0.2) is 17.4 Å². The highest BCUT2D eigenvalue weighted by Crippen LogP contribution is 2.15. The predicted molar refractivity (Wildman–Crippen MR) is 73.8 cm³/mol. The zero-order chi connectivity index (χ0) is 13.1. The Balaban J connectivity index is 1.69. The fourth-order valence-electron chi connectivity index (χ4n) is 2.37. The van der Waals surface area contributed by atoms with E-state index in [4.69, 9.17) is 0 Å². The summed E-state index contributed by atoms with van der Waals surface area (Å²) in [5.41, 5.74) is 4.33. The highest BCUT2D eigenvalue weighted by atomic mass is 16.1. The first kappa shape index (κ1) is 12.0. The lowest BCUT2D eigenvalue weighted by Gasteiger charge is -2.17. The summed E-state index contributed by atoms with van der Waals surface area (Å²) in [4.78, 5) is 15.2. The van der Waals surface area contributed by atoms with Crippen LogP contribution in [0.1, 0.15) is 27.2 Å². The van der Waals surface area contributed by atoms with Gasteiger partial charge in [-0.25, -0.2) is 0 Å². The molecular formula is C15H17N3O. The number of carbonyl (C=O) groups is 1. The van der Waals surface area contributed by atoms with E-state index in [0.717, 1.165) is 30.8 Å². The first-order chi connectivity index (χ1) is 9.33. The zero-order valence-electron chi connectivity index (χ0n) is 10.7. The summed E-state index contributed by atoms with van der Waals surface area (Å²) in [5, 5.41) is 6.25. The van der Waals surface area contributed by atoms with E-state index < -0.39 is 0 Å². The molecule has 0 saturated carbocycles. The average molecular weight is 255 g/mol. The van der Waals surface area contributed by atoms with Gasteiger partial charge in [-0.1, -0.05) is 6.07 Å². The van der Waals surface area contributed by atoms with E-state index in [1.165, 1.54) is 11.1 Å². The van der Waals surface area contributed by atoms with Gasteiger partial charge in [0.2, 0.25) is 0 Å². The first-order valence-corrected chi connectivity index (χ1v) is 6.56. The van der Waals surface area contributed by atoms with Crippen molar-refractivity contribution in [3.8, 4) is 0 Å². The smallest absolute Gasteiger partial charge is 0.251 e. The van der Waals surface area contributed by atoms with Gasteiger partial charge < -0.3 is 15.6 Å². The van der Waals surface area contributed by atoms with Gasteiger partial charge in [-0.2, -0.15) is 0 Å². The second-order valence-electron chi connectivity index (χ2n) is 4.79. The molecule has 0 atom stereocenters. The van der Waals surface area contributed by atoms with Gasteiger partial charge in [-0.05, 0) is 48.4 Å². The molecule has 4 heteroatoms. The van der Waals surface area contributed by atoms with Crippen LogP contribution in [0.4, 0.5) is 0 Å². The average Bonchev–Trinajstić information content (AvgIpc) is 2.97. The molecule has 19 heavy (non-hydrogen) atoms. The van der Waals surface area contributed by atoms with Gasteiger partial charge in [0.1, 0.15) is 0 Å². The van der Waals surface area contributed by atoms with Crippen LogP contribution < -0.4 is 10.6 Å². The minimum absolute atomic E-state index is 0.0177. The molecule has 0 spiro atoms. The van der Waals surface area contributed by atoms with Crippen LogP contribution in [0, 0.1) is 0 Å². The van der Waals surface area contributed by atoms with Crippen molar-refractivity contribution in [3.05, 3.63) is 58.9 Å². The van der Waals surface area contributed by atoms with Crippen molar-refractivity contribution in [2.45, 2.75) is 19.5 Å². The predicted octanol–water partition coefficient (Wildman–Crippen LogP) is 1.59. The van der Waals surface area contributed by atoms with Crippen molar-refractivity contribution in [2.24, 2.45) is 0 Å². The van der Waals surface area contributed by atoms with Gasteiger partial charge in [0.25, 0.3) is 5.91 Å². The molecule has 98 valence electrons. The summed E-state index contributed by atoms with van der Waals surface area (Å²) < 4.78 is 0. The summed E-state index contributed by atoms with van der Waals surface area (Å²) in [6, 6.07) is 9.84. The number of aromatic nitrogens is 1. The molecule has 1 aliphatic heterocycles. The van der Waals surface area contributed by atoms with Crippen molar-refractivity contribution >= 4 is 5.91 Å². The molecule has 0 bridgehead atoms. The van der Waals surface area contributed by atoms with Crippen LogP contribution in [0.25, 0.3) is 0 Å². The SMILES string of the molecule is O=C(NCc1ccc[nH]1)c1ccc2c(c1)CCNC2. The molecule has 3 N–H and O–H groups in total. The normalized spacial score (nSPS) is 13.9. The van der Waals surface area contributed by atoms with Crippen molar-refractivity contribution in [1.29, 1.82) is 0 Å². The fourth-order valence-corrected chi connectivity index (χ4v) is 2.37. The molecule has 2 heterocycles. The highest BCUT2D eigenvalue weighted by Gasteiger charge is 2.12. The molecule has 1 aromatic carbocycles. The summed E-state index contributed by atoms with van der Waals surface area (Å²) in [5.74, 6) is -0.0177. The number of fused-ring (bicyclic) bond motifs is 1. The lowest BCUT2D eigenvalue weighted by molar-refractivity contribution is 0.0950. The van der Waals surface area contributed by atoms with Crippen molar-refractivity contribution in [2.75, 3.05) is 6.54 Å². The van der Waals surface area contributed by atoms with E-state index in [9.17, 15) is 4.79 Å². The number of carbonyl (C=O) groups excluding carboxylic acids is 1. The minimum atomic E-state index is -0.0177. The number of hydrogen-bond acceptors (Lipinski definition) is 2. The number of rotatable bonds is 3. The van der Waals surface area contributed by atoms with Crippen LogP contribution in [0.2, 0.25) is 0 Å². The van der Waals surface area contributed by atoms with Crippen LogP contribution in [-0.2, 0) is 19.5 Å². The van der Waals surface area contributed by atoms with Gasteiger partial charge in [0.05, 0.1) is 6.54 Å². The lowest BCUT2D eigenvalue weighted by Crippen LogP contribution is -2.26. The Bertz CT molecular complexity index is 575. The Kier molecular flexibility index (Phi) is 3.33. The molecule has 1 aliphatic rings. The maximum Gasteiger partial charge on any atom is 0.251 e. The summed E-state index contributed by atoms with van der Waals surface area (Å²) in [7, 11) is 0. The van der Waals surface area contributed by atoms with Crippen molar-refractivity contribution in [1.82, 2.24) is 15.6 Å². The molecule has 0 saturated heterocycles. The van der Waals surface area contributed by atoms with Gasteiger partial charge in [0, 0.05) is 24.0 Å². The Morgan fingerprint density at radius 3 is 3.05 bits per heavy atom. The Morgan fingerprint density at radius 2 is 2.21 bits per heavy atom. The molecule has 0 aliphatic carbocycles. The molecule has 0 unspecified atom stereocenters. The Hall–Kier alpha value is -2.07. The number of amides is 1. The third kappa shape index (κ3) is 2.69. The molecule has 2 aromatic rings. The maximum atomic E-state index is 12.1. The molecule has 4 nitrogen and oxygen atoms in total. The molecule has 0 fully saturated rings. The maximum absolute atomic E-state index is 12.1. The number of aromatic amines is 1. The molecule has 3 rings (SSSR count). The van der Waals surface area contributed by atoms with Crippen LogP contribution in [0.3, 0.4) is 0 Å². The summed E-state index contributed by atoms with van der Waals surface area (Å²) >= 11 is 0. The van der Waals surface area contributed by atoms with E-state index in [0.29, 0.717) is 6.54 Å². The molecule has 1 amide bonds. The second-order valence-corrected chi connectivity index (χ2v) is 4.79. The summed E-state index contributed by atoms with van der Waals surface area (Å²) in [6.45, 7) is 2.42. The topological polar surface area (TPSA) is 56.9 Å². The lowest BCUT2D eigenvalue weighted by atomic mass is 9.98. The van der Waals surface area contributed by atoms with E-state index in [1.807, 2.05) is 36.5 Å². The number of H-pyrrole nitrogens is 1.